The molecule has 2 rings (SSSR count). The van der Waals surface area contributed by atoms with E-state index in [1.165, 1.54) is 0 Å². The van der Waals surface area contributed by atoms with Crippen molar-refractivity contribution in [1.29, 1.82) is 0 Å². The zero-order valence-electron chi connectivity index (χ0n) is 10.1. The van der Waals surface area contributed by atoms with Crippen molar-refractivity contribution in [2.75, 3.05) is 26.2 Å². The van der Waals surface area contributed by atoms with Gasteiger partial charge in [-0.05, 0) is 19.1 Å². The van der Waals surface area contributed by atoms with Crippen molar-refractivity contribution >= 4 is 5.91 Å². The Morgan fingerprint density at radius 2 is 2.24 bits per heavy atom. The Kier molecular flexibility index (Phi) is 3.81. The Morgan fingerprint density at radius 1 is 1.53 bits per heavy atom. The molecule has 1 unspecified atom stereocenters. The summed E-state index contributed by atoms with van der Waals surface area (Å²) >= 11 is 0. The largest absolute Gasteiger partial charge is 0.466 e. The summed E-state index contributed by atoms with van der Waals surface area (Å²) in [5.41, 5.74) is 5.92. The molecule has 1 amide bonds. The van der Waals surface area contributed by atoms with Crippen LogP contribution in [0.25, 0.3) is 0 Å². The van der Waals surface area contributed by atoms with Gasteiger partial charge in [-0.2, -0.15) is 0 Å². The molecule has 1 aromatic rings. The number of furan rings is 1. The van der Waals surface area contributed by atoms with Crippen molar-refractivity contribution < 1.29 is 9.21 Å². The van der Waals surface area contributed by atoms with Crippen LogP contribution in [0.3, 0.4) is 0 Å². The van der Waals surface area contributed by atoms with Crippen molar-refractivity contribution in [3.05, 3.63) is 23.7 Å². The smallest absolute Gasteiger partial charge is 0.240 e. The number of amides is 1. The van der Waals surface area contributed by atoms with Gasteiger partial charge < -0.3 is 20.4 Å². The summed E-state index contributed by atoms with van der Waals surface area (Å²) in [5, 5.41) is 3.21. The number of nitrogens with one attached hydrogen (secondary N) is 1. The highest BCUT2D eigenvalue weighted by molar-refractivity contribution is 5.82. The molecule has 0 aromatic carbocycles. The Morgan fingerprint density at radius 3 is 2.82 bits per heavy atom. The van der Waals surface area contributed by atoms with E-state index in [1.807, 2.05) is 24.0 Å². The topological polar surface area (TPSA) is 71.5 Å². The maximum Gasteiger partial charge on any atom is 0.240 e. The van der Waals surface area contributed by atoms with Gasteiger partial charge in [0, 0.05) is 32.6 Å². The van der Waals surface area contributed by atoms with Gasteiger partial charge in [0.25, 0.3) is 0 Å². The van der Waals surface area contributed by atoms with Crippen molar-refractivity contribution in [3.8, 4) is 0 Å². The van der Waals surface area contributed by atoms with Crippen LogP contribution in [0, 0.1) is 6.92 Å². The van der Waals surface area contributed by atoms with Crippen LogP contribution in [0.1, 0.15) is 11.5 Å². The molecular formula is C12H19N3O2. The highest BCUT2D eigenvalue weighted by Crippen LogP contribution is 2.09. The second kappa shape index (κ2) is 5.33. The summed E-state index contributed by atoms with van der Waals surface area (Å²) in [6, 6.07) is 3.26. The summed E-state index contributed by atoms with van der Waals surface area (Å²) in [6.07, 6.45) is 0.469. The van der Waals surface area contributed by atoms with E-state index in [2.05, 4.69) is 5.32 Å². The van der Waals surface area contributed by atoms with Gasteiger partial charge >= 0.3 is 0 Å². The minimum absolute atomic E-state index is 0.0144. The van der Waals surface area contributed by atoms with Crippen LogP contribution in [0.2, 0.25) is 0 Å². The maximum absolute atomic E-state index is 12.0. The average molecular weight is 237 g/mol. The van der Waals surface area contributed by atoms with E-state index in [-0.39, 0.29) is 5.91 Å². The van der Waals surface area contributed by atoms with Crippen LogP contribution in [0.5, 0.6) is 0 Å². The Labute approximate surface area is 101 Å². The first-order valence-corrected chi connectivity index (χ1v) is 5.97. The highest BCUT2D eigenvalue weighted by Gasteiger charge is 2.23. The first-order valence-electron chi connectivity index (χ1n) is 5.97. The number of carbonyl (C=O) groups excluding carboxylic acids is 1. The minimum Gasteiger partial charge on any atom is -0.466 e. The van der Waals surface area contributed by atoms with Gasteiger partial charge in [-0.25, -0.2) is 0 Å². The number of carbonyl (C=O) groups is 1. The van der Waals surface area contributed by atoms with Crippen molar-refractivity contribution in [1.82, 2.24) is 10.2 Å². The van der Waals surface area contributed by atoms with Gasteiger partial charge in [0.1, 0.15) is 11.5 Å². The summed E-state index contributed by atoms with van der Waals surface area (Å²) < 4.78 is 5.43. The second-order valence-corrected chi connectivity index (χ2v) is 4.40. The van der Waals surface area contributed by atoms with Crippen LogP contribution in [0.15, 0.2) is 16.5 Å². The molecule has 1 aliphatic rings. The van der Waals surface area contributed by atoms with E-state index >= 15 is 0 Å². The van der Waals surface area contributed by atoms with Gasteiger partial charge in [-0.15, -0.1) is 0 Å². The molecule has 0 spiro atoms. The summed E-state index contributed by atoms with van der Waals surface area (Å²) in [5.74, 6) is 1.64. The quantitative estimate of drug-likeness (QED) is 0.769. The molecule has 0 aliphatic carbocycles. The predicted octanol–water partition coefficient (Wildman–Crippen LogP) is -0.110. The van der Waals surface area contributed by atoms with Crippen molar-refractivity contribution in [3.63, 3.8) is 0 Å². The molecule has 3 N–H and O–H groups in total. The molecule has 1 fully saturated rings. The number of aryl methyl sites for hydroxylation is 1. The lowest BCUT2D eigenvalue weighted by Crippen LogP contribution is -2.52. The molecular weight excluding hydrogens is 218 g/mol. The van der Waals surface area contributed by atoms with Gasteiger partial charge in [0.05, 0.1) is 6.04 Å². The Bertz CT molecular complexity index is 383. The average Bonchev–Trinajstić information content (AvgIpc) is 2.75. The van der Waals surface area contributed by atoms with Crippen LogP contribution in [0.4, 0.5) is 0 Å². The lowest BCUT2D eigenvalue weighted by atomic mass is 10.1. The number of hydrogen-bond donors (Lipinski definition) is 2. The van der Waals surface area contributed by atoms with Crippen LogP contribution < -0.4 is 11.1 Å². The van der Waals surface area contributed by atoms with Crippen molar-refractivity contribution in [2.24, 2.45) is 5.73 Å². The fourth-order valence-corrected chi connectivity index (χ4v) is 2.02. The third-order valence-electron chi connectivity index (χ3n) is 2.96. The third-order valence-corrected chi connectivity index (χ3v) is 2.96. The number of nitrogens with two attached hydrogens (primary N) is 1. The SMILES string of the molecule is Cc1ccc(CC(N)C(=O)N2CCNCC2)o1. The van der Waals surface area contributed by atoms with E-state index in [0.29, 0.717) is 6.42 Å². The van der Waals surface area contributed by atoms with Gasteiger partial charge in [0.2, 0.25) is 5.91 Å². The Balaban J connectivity index is 1.90. The second-order valence-electron chi connectivity index (χ2n) is 4.40. The van der Waals surface area contributed by atoms with E-state index in [4.69, 9.17) is 10.2 Å². The first-order chi connectivity index (χ1) is 8.16. The fourth-order valence-electron chi connectivity index (χ4n) is 2.02. The standard InChI is InChI=1S/C12H19N3O2/c1-9-2-3-10(17-9)8-11(13)12(16)15-6-4-14-5-7-15/h2-3,11,14H,4-8,13H2,1H3. The molecule has 17 heavy (non-hydrogen) atoms. The van der Waals surface area contributed by atoms with Crippen LogP contribution >= 0.6 is 0 Å². The van der Waals surface area contributed by atoms with Gasteiger partial charge in [-0.1, -0.05) is 0 Å². The van der Waals surface area contributed by atoms with E-state index in [1.54, 1.807) is 0 Å². The predicted molar refractivity (Wildman–Crippen MR) is 64.6 cm³/mol. The molecule has 0 bridgehead atoms. The van der Waals surface area contributed by atoms with E-state index in [0.717, 1.165) is 37.7 Å². The molecule has 5 heteroatoms. The fraction of sp³-hybridized carbons (Fsp3) is 0.583. The normalized spacial score (nSPS) is 18.1. The van der Waals surface area contributed by atoms with Crippen LogP contribution in [-0.2, 0) is 11.2 Å². The molecule has 5 nitrogen and oxygen atoms in total. The Hall–Kier alpha value is -1.33. The molecule has 1 saturated heterocycles. The summed E-state index contributed by atoms with van der Waals surface area (Å²) in [6.45, 7) is 5.05. The van der Waals surface area contributed by atoms with Crippen molar-refractivity contribution in [2.45, 2.75) is 19.4 Å². The molecule has 1 atom stereocenters. The molecule has 0 radical (unpaired) electrons. The van der Waals surface area contributed by atoms with E-state index in [9.17, 15) is 4.79 Å². The highest BCUT2D eigenvalue weighted by atomic mass is 16.3. The first kappa shape index (κ1) is 12.1. The molecule has 94 valence electrons. The molecule has 0 saturated carbocycles. The summed E-state index contributed by atoms with van der Waals surface area (Å²) in [7, 11) is 0. The zero-order valence-corrected chi connectivity index (χ0v) is 10.1. The number of hydrogen-bond acceptors (Lipinski definition) is 4. The minimum atomic E-state index is -0.501. The molecule has 1 aliphatic heterocycles. The monoisotopic (exact) mass is 237 g/mol. The maximum atomic E-state index is 12.0. The van der Waals surface area contributed by atoms with Crippen LogP contribution in [-0.4, -0.2) is 43.0 Å². The molecule has 2 heterocycles. The summed E-state index contributed by atoms with van der Waals surface area (Å²) in [4.78, 5) is 13.9. The number of piperazine rings is 1. The zero-order chi connectivity index (χ0) is 12.3. The van der Waals surface area contributed by atoms with E-state index < -0.39 is 6.04 Å². The lowest BCUT2D eigenvalue weighted by molar-refractivity contribution is -0.133. The number of nitrogens with zero attached hydrogens (tertiary/aromatic N) is 1. The van der Waals surface area contributed by atoms with Gasteiger partial charge in [0.15, 0.2) is 0 Å². The lowest BCUT2D eigenvalue weighted by Gasteiger charge is -2.29. The number of rotatable bonds is 3. The third kappa shape index (κ3) is 3.08. The van der Waals surface area contributed by atoms with Gasteiger partial charge in [-0.3, -0.25) is 4.79 Å². The molecule has 1 aromatic heterocycles.